The van der Waals surface area contributed by atoms with Gasteiger partial charge in [-0.05, 0) is 12.1 Å². The van der Waals surface area contributed by atoms with E-state index in [1.54, 1.807) is 18.2 Å². The molecule has 0 amide bonds. The Morgan fingerprint density at radius 1 is 1.35 bits per heavy atom. The molecule has 2 aromatic rings. The molecule has 0 atom stereocenters. The number of benzene rings is 1. The first kappa shape index (κ1) is 11.9. The lowest BCUT2D eigenvalue weighted by atomic mass is 10.1. The van der Waals surface area contributed by atoms with Crippen LogP contribution in [0.25, 0.3) is 11.3 Å². The predicted octanol–water partition coefficient (Wildman–Crippen LogP) is 3.68. The number of ether oxygens (including phenoxy) is 1. The maximum Gasteiger partial charge on any atom is 0.387 e. The standard InChI is InChI=1S/C11H8ClF2NO2/c12-6-8-5-10(17-15-8)7-2-1-3-9(4-7)16-11(13)14/h1-5,11H,6H2. The number of nitrogens with zero attached hydrogens (tertiary/aromatic N) is 1. The minimum atomic E-state index is -2.85. The highest BCUT2D eigenvalue weighted by molar-refractivity contribution is 6.16. The Bertz CT molecular complexity index is 502. The van der Waals surface area contributed by atoms with E-state index in [1.807, 2.05) is 0 Å². The predicted molar refractivity (Wildman–Crippen MR) is 58.1 cm³/mol. The fourth-order valence-corrected chi connectivity index (χ4v) is 1.46. The van der Waals surface area contributed by atoms with Gasteiger partial charge in [0.05, 0.1) is 11.6 Å². The van der Waals surface area contributed by atoms with Crippen LogP contribution in [0.5, 0.6) is 5.75 Å². The molecule has 0 aliphatic carbocycles. The van der Waals surface area contributed by atoms with Crippen LogP contribution < -0.4 is 4.74 Å². The Morgan fingerprint density at radius 3 is 2.82 bits per heavy atom. The molecule has 1 aromatic carbocycles. The summed E-state index contributed by atoms with van der Waals surface area (Å²) in [5.41, 5.74) is 1.19. The van der Waals surface area contributed by atoms with Crippen molar-refractivity contribution in [2.45, 2.75) is 12.5 Å². The second kappa shape index (κ2) is 5.14. The normalized spacial score (nSPS) is 10.8. The number of aromatic nitrogens is 1. The molecule has 0 aliphatic heterocycles. The zero-order valence-corrected chi connectivity index (χ0v) is 9.32. The topological polar surface area (TPSA) is 35.3 Å². The highest BCUT2D eigenvalue weighted by atomic mass is 35.5. The van der Waals surface area contributed by atoms with Crippen LogP contribution in [0, 0.1) is 0 Å². The highest BCUT2D eigenvalue weighted by Crippen LogP contribution is 2.25. The summed E-state index contributed by atoms with van der Waals surface area (Å²) >= 11 is 5.58. The Morgan fingerprint density at radius 2 is 2.18 bits per heavy atom. The first-order chi connectivity index (χ1) is 8.19. The van der Waals surface area contributed by atoms with Crippen LogP contribution in [-0.2, 0) is 5.88 Å². The van der Waals surface area contributed by atoms with E-state index in [1.165, 1.54) is 12.1 Å². The summed E-state index contributed by atoms with van der Waals surface area (Å²) in [5, 5.41) is 3.71. The third kappa shape index (κ3) is 2.94. The number of alkyl halides is 3. The van der Waals surface area contributed by atoms with Crippen molar-refractivity contribution in [3.8, 4) is 17.1 Å². The van der Waals surface area contributed by atoms with E-state index in [9.17, 15) is 8.78 Å². The van der Waals surface area contributed by atoms with Crippen molar-refractivity contribution in [1.82, 2.24) is 5.16 Å². The van der Waals surface area contributed by atoms with E-state index in [2.05, 4.69) is 9.89 Å². The lowest BCUT2D eigenvalue weighted by molar-refractivity contribution is -0.0498. The molecule has 0 aliphatic rings. The zero-order valence-electron chi connectivity index (χ0n) is 8.57. The fraction of sp³-hybridized carbons (Fsp3) is 0.182. The Labute approximate surface area is 101 Å². The van der Waals surface area contributed by atoms with Gasteiger partial charge in [0.1, 0.15) is 5.75 Å². The largest absolute Gasteiger partial charge is 0.435 e. The molecule has 90 valence electrons. The summed E-state index contributed by atoms with van der Waals surface area (Å²) in [6.07, 6.45) is 0. The average molecular weight is 260 g/mol. The lowest BCUT2D eigenvalue weighted by Crippen LogP contribution is -2.01. The van der Waals surface area contributed by atoms with E-state index >= 15 is 0 Å². The lowest BCUT2D eigenvalue weighted by Gasteiger charge is -2.04. The Hall–Kier alpha value is -1.62. The third-order valence-electron chi connectivity index (χ3n) is 2.04. The summed E-state index contributed by atoms with van der Waals surface area (Å²) < 4.78 is 33.4. The molecule has 0 bridgehead atoms. The van der Waals surface area contributed by atoms with Crippen LogP contribution in [0.15, 0.2) is 34.9 Å². The summed E-state index contributed by atoms with van der Waals surface area (Å²) in [5.74, 6) is 0.762. The SMILES string of the molecule is FC(F)Oc1cccc(-c2cc(CCl)no2)c1. The minimum absolute atomic E-state index is 0.0707. The van der Waals surface area contributed by atoms with Crippen molar-refractivity contribution in [3.63, 3.8) is 0 Å². The third-order valence-corrected chi connectivity index (χ3v) is 2.31. The van der Waals surface area contributed by atoms with Gasteiger partial charge >= 0.3 is 6.61 Å². The van der Waals surface area contributed by atoms with Crippen molar-refractivity contribution < 1.29 is 18.0 Å². The van der Waals surface area contributed by atoms with E-state index < -0.39 is 6.61 Å². The van der Waals surface area contributed by atoms with Crippen molar-refractivity contribution in [3.05, 3.63) is 36.0 Å². The van der Waals surface area contributed by atoms with Crippen LogP contribution in [0.2, 0.25) is 0 Å². The maximum absolute atomic E-state index is 12.0. The van der Waals surface area contributed by atoms with Crippen molar-refractivity contribution in [2.75, 3.05) is 0 Å². The minimum Gasteiger partial charge on any atom is -0.435 e. The molecule has 1 aromatic heterocycles. The highest BCUT2D eigenvalue weighted by Gasteiger charge is 2.09. The first-order valence-corrected chi connectivity index (χ1v) is 5.29. The van der Waals surface area contributed by atoms with Gasteiger partial charge in [-0.25, -0.2) is 0 Å². The van der Waals surface area contributed by atoms with Gasteiger partial charge in [0.15, 0.2) is 5.76 Å². The second-order valence-electron chi connectivity index (χ2n) is 3.22. The monoisotopic (exact) mass is 259 g/mol. The van der Waals surface area contributed by atoms with Gasteiger partial charge in [0.25, 0.3) is 0 Å². The van der Waals surface area contributed by atoms with E-state index in [0.29, 0.717) is 17.0 Å². The molecule has 0 spiro atoms. The molecule has 0 saturated carbocycles. The Kier molecular flexibility index (Phi) is 3.58. The average Bonchev–Trinajstić information content (AvgIpc) is 2.77. The fourth-order valence-electron chi connectivity index (χ4n) is 1.34. The van der Waals surface area contributed by atoms with Gasteiger partial charge in [0.2, 0.25) is 0 Å². The first-order valence-electron chi connectivity index (χ1n) is 4.76. The van der Waals surface area contributed by atoms with Crippen molar-refractivity contribution in [2.24, 2.45) is 0 Å². The van der Waals surface area contributed by atoms with E-state index in [0.717, 1.165) is 0 Å². The van der Waals surface area contributed by atoms with Gasteiger partial charge in [-0.15, -0.1) is 11.6 Å². The molecule has 6 heteroatoms. The summed E-state index contributed by atoms with van der Waals surface area (Å²) in [4.78, 5) is 0. The second-order valence-corrected chi connectivity index (χ2v) is 3.49. The smallest absolute Gasteiger partial charge is 0.387 e. The summed E-state index contributed by atoms with van der Waals surface area (Å²) in [6, 6.07) is 7.83. The van der Waals surface area contributed by atoms with Crippen LogP contribution in [-0.4, -0.2) is 11.8 Å². The van der Waals surface area contributed by atoms with E-state index in [4.69, 9.17) is 16.1 Å². The molecule has 2 rings (SSSR count). The molecule has 0 N–H and O–H groups in total. The van der Waals surface area contributed by atoms with Gasteiger partial charge in [-0.1, -0.05) is 17.3 Å². The quantitative estimate of drug-likeness (QED) is 0.786. The van der Waals surface area contributed by atoms with Crippen LogP contribution in [0.3, 0.4) is 0 Å². The number of rotatable bonds is 4. The molecular weight excluding hydrogens is 252 g/mol. The van der Waals surface area contributed by atoms with Crippen LogP contribution in [0.1, 0.15) is 5.69 Å². The number of hydrogen-bond acceptors (Lipinski definition) is 3. The molecule has 0 radical (unpaired) electrons. The number of hydrogen-bond donors (Lipinski definition) is 0. The molecule has 3 nitrogen and oxygen atoms in total. The van der Waals surface area contributed by atoms with Gasteiger partial charge in [0, 0.05) is 11.6 Å². The molecule has 0 fully saturated rings. The summed E-state index contributed by atoms with van der Waals surface area (Å²) in [6.45, 7) is -2.85. The van der Waals surface area contributed by atoms with Crippen molar-refractivity contribution in [1.29, 1.82) is 0 Å². The van der Waals surface area contributed by atoms with Crippen LogP contribution in [0.4, 0.5) is 8.78 Å². The molecule has 0 unspecified atom stereocenters. The number of halogens is 3. The zero-order chi connectivity index (χ0) is 12.3. The maximum atomic E-state index is 12.0. The molecule has 1 heterocycles. The van der Waals surface area contributed by atoms with Crippen molar-refractivity contribution >= 4 is 11.6 Å². The van der Waals surface area contributed by atoms with Gasteiger partial charge in [-0.2, -0.15) is 8.78 Å². The summed E-state index contributed by atoms with van der Waals surface area (Å²) in [7, 11) is 0. The van der Waals surface area contributed by atoms with Gasteiger partial charge < -0.3 is 9.26 Å². The molecular formula is C11H8ClF2NO2. The van der Waals surface area contributed by atoms with E-state index in [-0.39, 0.29) is 11.6 Å². The van der Waals surface area contributed by atoms with Gasteiger partial charge in [-0.3, -0.25) is 0 Å². The molecule has 0 saturated heterocycles. The Balaban J connectivity index is 2.26. The van der Waals surface area contributed by atoms with Crippen LogP contribution >= 0.6 is 11.6 Å². The molecule has 17 heavy (non-hydrogen) atoms.